The van der Waals surface area contributed by atoms with Crippen LogP contribution < -0.4 is 5.32 Å². The van der Waals surface area contributed by atoms with Crippen LogP contribution in [0.2, 0.25) is 0 Å². The van der Waals surface area contributed by atoms with Crippen LogP contribution in [0.15, 0.2) is 11.6 Å². The van der Waals surface area contributed by atoms with Crippen molar-refractivity contribution in [3.63, 3.8) is 0 Å². The van der Waals surface area contributed by atoms with Gasteiger partial charge in [0, 0.05) is 17.3 Å². The van der Waals surface area contributed by atoms with Crippen LogP contribution in [0, 0.1) is 0 Å². The van der Waals surface area contributed by atoms with Crippen molar-refractivity contribution in [1.82, 2.24) is 5.32 Å². The Labute approximate surface area is 105 Å². The van der Waals surface area contributed by atoms with Gasteiger partial charge in [0.2, 0.25) is 0 Å². The first-order valence-electron chi connectivity index (χ1n) is 6.54. The molecule has 0 spiro atoms. The Hall–Kier alpha value is 0.0500. The molecule has 0 heterocycles. The summed E-state index contributed by atoms with van der Waals surface area (Å²) in [5.74, 6) is 0. The van der Waals surface area contributed by atoms with E-state index in [1.54, 1.807) is 0 Å². The normalized spacial score (nSPS) is 26.8. The van der Waals surface area contributed by atoms with Gasteiger partial charge in [-0.2, -0.15) is 11.8 Å². The van der Waals surface area contributed by atoms with E-state index >= 15 is 0 Å². The fraction of sp³-hybridized carbons (Fsp3) is 0.857. The van der Waals surface area contributed by atoms with Gasteiger partial charge < -0.3 is 5.32 Å². The Morgan fingerprint density at radius 1 is 1.44 bits per heavy atom. The molecule has 16 heavy (non-hydrogen) atoms. The molecule has 1 rings (SSSR count). The summed E-state index contributed by atoms with van der Waals surface area (Å²) in [7, 11) is 0. The first-order valence-corrected chi connectivity index (χ1v) is 7.82. The van der Waals surface area contributed by atoms with Crippen LogP contribution in [0.4, 0.5) is 0 Å². The quantitative estimate of drug-likeness (QED) is 0.706. The molecule has 0 radical (unpaired) electrons. The lowest BCUT2D eigenvalue weighted by atomic mass is 10.1. The topological polar surface area (TPSA) is 12.0 Å². The smallest absolute Gasteiger partial charge is 0.00804 e. The minimum Gasteiger partial charge on any atom is -0.311 e. The molecule has 0 bridgehead atoms. The van der Waals surface area contributed by atoms with Crippen molar-refractivity contribution in [2.75, 3.05) is 6.26 Å². The number of hydrogen-bond acceptors (Lipinski definition) is 2. The number of allylic oxidation sites excluding steroid dienone is 2. The molecule has 0 saturated heterocycles. The van der Waals surface area contributed by atoms with Crippen LogP contribution in [-0.4, -0.2) is 23.6 Å². The summed E-state index contributed by atoms with van der Waals surface area (Å²) < 4.78 is 0. The zero-order chi connectivity index (χ0) is 12.0. The molecule has 0 aromatic rings. The lowest BCUT2D eigenvalue weighted by Crippen LogP contribution is -2.34. The monoisotopic (exact) mass is 241 g/mol. The zero-order valence-corrected chi connectivity index (χ0v) is 12.1. The van der Waals surface area contributed by atoms with Crippen LogP contribution in [-0.2, 0) is 0 Å². The number of rotatable bonds is 6. The van der Waals surface area contributed by atoms with Crippen molar-refractivity contribution in [3.05, 3.63) is 11.6 Å². The highest BCUT2D eigenvalue weighted by atomic mass is 32.2. The molecule has 1 aliphatic rings. The van der Waals surface area contributed by atoms with E-state index in [0.717, 1.165) is 11.3 Å². The van der Waals surface area contributed by atoms with E-state index in [-0.39, 0.29) is 0 Å². The largest absolute Gasteiger partial charge is 0.311 e. The Kier molecular flexibility index (Phi) is 6.52. The van der Waals surface area contributed by atoms with Crippen LogP contribution in [0.3, 0.4) is 0 Å². The molecule has 0 aromatic heterocycles. The molecule has 94 valence electrons. The fourth-order valence-corrected chi connectivity index (χ4v) is 3.21. The minimum atomic E-state index is 0.668. The maximum atomic E-state index is 3.77. The van der Waals surface area contributed by atoms with E-state index in [1.165, 1.54) is 37.7 Å². The summed E-state index contributed by atoms with van der Waals surface area (Å²) in [4.78, 5) is 0. The average molecular weight is 241 g/mol. The van der Waals surface area contributed by atoms with Gasteiger partial charge in [0.1, 0.15) is 0 Å². The average Bonchev–Trinajstić information content (AvgIpc) is 2.65. The van der Waals surface area contributed by atoms with Crippen LogP contribution >= 0.6 is 11.8 Å². The highest BCUT2D eigenvalue weighted by molar-refractivity contribution is 7.99. The predicted octanol–water partition coefficient (Wildman–Crippen LogP) is 4.00. The van der Waals surface area contributed by atoms with Crippen molar-refractivity contribution < 1.29 is 0 Å². The summed E-state index contributed by atoms with van der Waals surface area (Å²) in [6.45, 7) is 6.68. The second-order valence-electron chi connectivity index (χ2n) is 5.29. The fourth-order valence-electron chi connectivity index (χ4n) is 2.41. The minimum absolute atomic E-state index is 0.668. The molecule has 2 heteroatoms. The lowest BCUT2D eigenvalue weighted by molar-refractivity contribution is 0.434. The van der Waals surface area contributed by atoms with Gasteiger partial charge in [-0.3, -0.25) is 0 Å². The highest BCUT2D eigenvalue weighted by Gasteiger charge is 2.24. The van der Waals surface area contributed by atoms with Gasteiger partial charge >= 0.3 is 0 Å². The second-order valence-corrected chi connectivity index (χ2v) is 6.43. The number of nitrogens with one attached hydrogen (secondary N) is 1. The van der Waals surface area contributed by atoms with Gasteiger partial charge in [-0.15, -0.1) is 0 Å². The van der Waals surface area contributed by atoms with Crippen LogP contribution in [0.25, 0.3) is 0 Å². The van der Waals surface area contributed by atoms with E-state index < -0.39 is 0 Å². The van der Waals surface area contributed by atoms with Crippen LogP contribution in [0.5, 0.6) is 0 Å². The summed E-state index contributed by atoms with van der Waals surface area (Å²) in [5.41, 5.74) is 1.44. The highest BCUT2D eigenvalue weighted by Crippen LogP contribution is 2.28. The second kappa shape index (κ2) is 7.39. The Bertz CT molecular complexity index is 221. The Morgan fingerprint density at radius 3 is 2.75 bits per heavy atom. The molecular weight excluding hydrogens is 214 g/mol. The molecule has 1 N–H and O–H groups in total. The standard InChI is InChI=1S/C14H27NS/c1-11(2)6-5-7-12(3)15-13-8-9-14(10-13)16-4/h6,12-15H,5,7-10H2,1-4H3. The molecule has 1 nitrogen and oxygen atoms in total. The van der Waals surface area contributed by atoms with Crippen molar-refractivity contribution in [3.8, 4) is 0 Å². The summed E-state index contributed by atoms with van der Waals surface area (Å²) in [6, 6.07) is 1.44. The maximum absolute atomic E-state index is 3.77. The molecular formula is C14H27NS. The van der Waals surface area contributed by atoms with E-state index in [1.807, 2.05) is 11.8 Å². The summed E-state index contributed by atoms with van der Waals surface area (Å²) in [6.07, 6.45) is 11.2. The molecule has 0 aliphatic heterocycles. The van der Waals surface area contributed by atoms with Gasteiger partial charge in [-0.25, -0.2) is 0 Å². The molecule has 1 saturated carbocycles. The Morgan fingerprint density at radius 2 is 2.19 bits per heavy atom. The molecule has 3 unspecified atom stereocenters. The van der Waals surface area contributed by atoms with E-state index in [2.05, 4.69) is 38.4 Å². The van der Waals surface area contributed by atoms with Crippen molar-refractivity contribution >= 4 is 11.8 Å². The van der Waals surface area contributed by atoms with E-state index in [9.17, 15) is 0 Å². The lowest BCUT2D eigenvalue weighted by Gasteiger charge is -2.19. The van der Waals surface area contributed by atoms with Gasteiger partial charge in [0.05, 0.1) is 0 Å². The first-order chi connectivity index (χ1) is 7.61. The third-order valence-electron chi connectivity index (χ3n) is 3.39. The number of hydrogen-bond donors (Lipinski definition) is 1. The zero-order valence-electron chi connectivity index (χ0n) is 11.3. The summed E-state index contributed by atoms with van der Waals surface area (Å²) >= 11 is 2.04. The molecule has 0 aromatic carbocycles. The van der Waals surface area contributed by atoms with Crippen molar-refractivity contribution in [2.24, 2.45) is 0 Å². The van der Waals surface area contributed by atoms with Gasteiger partial charge in [0.15, 0.2) is 0 Å². The molecule has 0 amide bonds. The molecule has 1 fully saturated rings. The third-order valence-corrected chi connectivity index (χ3v) is 4.49. The molecule has 1 aliphatic carbocycles. The van der Waals surface area contributed by atoms with Gasteiger partial charge in [-0.1, -0.05) is 11.6 Å². The summed E-state index contributed by atoms with van der Waals surface area (Å²) in [5, 5.41) is 4.68. The van der Waals surface area contributed by atoms with Crippen LogP contribution in [0.1, 0.15) is 52.9 Å². The van der Waals surface area contributed by atoms with Crippen molar-refractivity contribution in [1.29, 1.82) is 0 Å². The van der Waals surface area contributed by atoms with Crippen molar-refractivity contribution in [2.45, 2.75) is 70.2 Å². The van der Waals surface area contributed by atoms with Gasteiger partial charge in [-0.05, 0) is 59.1 Å². The Balaban J connectivity index is 2.15. The SMILES string of the molecule is CSC1CCC(NC(C)CCC=C(C)C)C1. The predicted molar refractivity (Wildman–Crippen MR) is 76.2 cm³/mol. The third kappa shape index (κ3) is 5.40. The first kappa shape index (κ1) is 14.1. The van der Waals surface area contributed by atoms with E-state index in [4.69, 9.17) is 0 Å². The number of thioether (sulfide) groups is 1. The van der Waals surface area contributed by atoms with Gasteiger partial charge in [0.25, 0.3) is 0 Å². The maximum Gasteiger partial charge on any atom is 0.00804 e. The van der Waals surface area contributed by atoms with E-state index in [0.29, 0.717) is 6.04 Å². The molecule has 3 atom stereocenters.